The Morgan fingerprint density at radius 2 is 1.93 bits per heavy atom. The molecule has 0 bridgehead atoms. The van der Waals surface area contributed by atoms with Crippen molar-refractivity contribution in [2.75, 3.05) is 23.7 Å². The Bertz CT molecular complexity index is 334. The summed E-state index contributed by atoms with van der Waals surface area (Å²) in [5.74, 6) is 2.48. The molecule has 1 saturated heterocycles. The van der Waals surface area contributed by atoms with Crippen LogP contribution in [0.2, 0.25) is 0 Å². The van der Waals surface area contributed by atoms with Crippen LogP contribution in [0.4, 0.5) is 11.5 Å². The highest BCUT2D eigenvalue weighted by molar-refractivity contribution is 5.49. The normalized spacial score (nSPS) is 29.5. The van der Waals surface area contributed by atoms with Crippen molar-refractivity contribution in [3.63, 3.8) is 0 Å². The monoisotopic (exact) mass is 203 g/mol. The van der Waals surface area contributed by atoms with Gasteiger partial charge in [0.1, 0.15) is 5.82 Å². The van der Waals surface area contributed by atoms with Crippen molar-refractivity contribution in [2.45, 2.75) is 19.3 Å². The van der Waals surface area contributed by atoms with Crippen LogP contribution in [0, 0.1) is 11.8 Å². The minimum atomic E-state index is 0.609. The van der Waals surface area contributed by atoms with Gasteiger partial charge in [-0.15, -0.1) is 0 Å². The Morgan fingerprint density at radius 1 is 1.20 bits per heavy atom. The largest absolute Gasteiger partial charge is 0.384 e. The molecule has 1 aromatic heterocycles. The van der Waals surface area contributed by atoms with Gasteiger partial charge in [0.15, 0.2) is 0 Å². The molecule has 1 saturated carbocycles. The van der Waals surface area contributed by atoms with Crippen molar-refractivity contribution in [2.24, 2.45) is 11.8 Å². The zero-order chi connectivity index (χ0) is 10.3. The molecular formula is C12H17N3. The van der Waals surface area contributed by atoms with E-state index in [0.29, 0.717) is 5.82 Å². The maximum Gasteiger partial charge on any atom is 0.123 e. The third kappa shape index (κ3) is 1.56. The van der Waals surface area contributed by atoms with Crippen LogP contribution in [-0.4, -0.2) is 18.1 Å². The van der Waals surface area contributed by atoms with Gasteiger partial charge in [-0.2, -0.15) is 0 Å². The number of nitrogen functional groups attached to an aromatic ring is 1. The molecule has 0 unspecified atom stereocenters. The molecule has 1 aliphatic carbocycles. The van der Waals surface area contributed by atoms with Crippen molar-refractivity contribution >= 4 is 11.5 Å². The standard InChI is InChI=1S/C12H17N3/c13-12-5-4-11(6-14-12)15-7-9-2-1-3-10(9)8-15/h4-6,9-10H,1-3,7-8H2,(H2,13,14)/t9-,10+. The van der Waals surface area contributed by atoms with Crippen LogP contribution in [0.15, 0.2) is 18.3 Å². The van der Waals surface area contributed by atoms with E-state index in [9.17, 15) is 0 Å². The second-order valence-corrected chi connectivity index (χ2v) is 4.80. The Morgan fingerprint density at radius 3 is 2.53 bits per heavy atom. The molecule has 3 nitrogen and oxygen atoms in total. The molecule has 0 radical (unpaired) electrons. The quantitative estimate of drug-likeness (QED) is 0.758. The van der Waals surface area contributed by atoms with Gasteiger partial charge >= 0.3 is 0 Å². The molecular weight excluding hydrogens is 186 g/mol. The fourth-order valence-electron chi connectivity index (χ4n) is 3.03. The van der Waals surface area contributed by atoms with Crippen molar-refractivity contribution in [3.05, 3.63) is 18.3 Å². The summed E-state index contributed by atoms with van der Waals surface area (Å²) < 4.78 is 0. The van der Waals surface area contributed by atoms with Crippen molar-refractivity contribution in [1.82, 2.24) is 4.98 Å². The average molecular weight is 203 g/mol. The SMILES string of the molecule is Nc1ccc(N2C[C@H]3CCC[C@H]3C2)cn1. The molecule has 2 fully saturated rings. The van der Waals surface area contributed by atoms with E-state index in [0.717, 1.165) is 11.8 Å². The van der Waals surface area contributed by atoms with Gasteiger partial charge in [0.25, 0.3) is 0 Å². The summed E-state index contributed by atoms with van der Waals surface area (Å²) in [5.41, 5.74) is 6.82. The van der Waals surface area contributed by atoms with E-state index in [2.05, 4.69) is 16.0 Å². The molecule has 2 atom stereocenters. The first-order chi connectivity index (χ1) is 7.33. The molecule has 2 heterocycles. The summed E-state index contributed by atoms with van der Waals surface area (Å²) in [4.78, 5) is 6.61. The lowest BCUT2D eigenvalue weighted by Crippen LogP contribution is -2.20. The van der Waals surface area contributed by atoms with Gasteiger partial charge in [0.2, 0.25) is 0 Å². The van der Waals surface area contributed by atoms with E-state index in [-0.39, 0.29) is 0 Å². The first kappa shape index (κ1) is 9.01. The van der Waals surface area contributed by atoms with E-state index in [1.165, 1.54) is 38.0 Å². The summed E-state index contributed by atoms with van der Waals surface area (Å²) in [7, 11) is 0. The average Bonchev–Trinajstić information content (AvgIpc) is 2.78. The van der Waals surface area contributed by atoms with E-state index >= 15 is 0 Å². The molecule has 0 aromatic carbocycles. The summed E-state index contributed by atoms with van der Waals surface area (Å²) >= 11 is 0. The van der Waals surface area contributed by atoms with E-state index in [1.54, 1.807) is 0 Å². The molecule has 1 aliphatic heterocycles. The number of pyridine rings is 1. The molecule has 0 spiro atoms. The Kier molecular flexibility index (Phi) is 2.04. The first-order valence-electron chi connectivity index (χ1n) is 5.79. The van der Waals surface area contributed by atoms with Crippen LogP contribution in [0.25, 0.3) is 0 Å². The summed E-state index contributed by atoms with van der Waals surface area (Å²) in [6.07, 6.45) is 6.17. The lowest BCUT2D eigenvalue weighted by molar-refractivity contribution is 0.494. The van der Waals surface area contributed by atoms with Gasteiger partial charge in [0, 0.05) is 13.1 Å². The molecule has 2 aliphatic rings. The molecule has 2 N–H and O–H groups in total. The second-order valence-electron chi connectivity index (χ2n) is 4.80. The van der Waals surface area contributed by atoms with Crippen LogP contribution in [0.1, 0.15) is 19.3 Å². The zero-order valence-electron chi connectivity index (χ0n) is 8.89. The third-order valence-electron chi connectivity index (χ3n) is 3.86. The van der Waals surface area contributed by atoms with E-state index in [1.807, 2.05) is 12.3 Å². The summed E-state index contributed by atoms with van der Waals surface area (Å²) in [5, 5.41) is 0. The predicted octanol–water partition coefficient (Wildman–Crippen LogP) is 1.90. The van der Waals surface area contributed by atoms with E-state index in [4.69, 9.17) is 5.73 Å². The molecule has 80 valence electrons. The van der Waals surface area contributed by atoms with Crippen molar-refractivity contribution in [3.8, 4) is 0 Å². The van der Waals surface area contributed by atoms with Crippen LogP contribution < -0.4 is 10.6 Å². The number of anilines is 2. The van der Waals surface area contributed by atoms with Crippen LogP contribution in [-0.2, 0) is 0 Å². The highest BCUT2D eigenvalue weighted by atomic mass is 15.2. The molecule has 3 heteroatoms. The Labute approximate surface area is 90.3 Å². The predicted molar refractivity (Wildman–Crippen MR) is 61.7 cm³/mol. The molecule has 15 heavy (non-hydrogen) atoms. The molecule has 1 aromatic rings. The molecule has 3 rings (SSSR count). The Hall–Kier alpha value is -1.25. The second kappa shape index (κ2) is 3.40. The van der Waals surface area contributed by atoms with Crippen molar-refractivity contribution in [1.29, 1.82) is 0 Å². The van der Waals surface area contributed by atoms with Gasteiger partial charge in [-0.3, -0.25) is 0 Å². The Balaban J connectivity index is 1.76. The first-order valence-corrected chi connectivity index (χ1v) is 5.79. The third-order valence-corrected chi connectivity index (χ3v) is 3.86. The lowest BCUT2D eigenvalue weighted by Gasteiger charge is -2.18. The van der Waals surface area contributed by atoms with Gasteiger partial charge in [0.05, 0.1) is 11.9 Å². The number of rotatable bonds is 1. The van der Waals surface area contributed by atoms with Crippen LogP contribution in [0.3, 0.4) is 0 Å². The highest BCUT2D eigenvalue weighted by Gasteiger charge is 2.35. The van der Waals surface area contributed by atoms with Gasteiger partial charge in [-0.25, -0.2) is 4.98 Å². The number of hydrogen-bond acceptors (Lipinski definition) is 3. The minimum Gasteiger partial charge on any atom is -0.384 e. The maximum atomic E-state index is 5.59. The van der Waals surface area contributed by atoms with Gasteiger partial charge in [-0.05, 0) is 36.8 Å². The number of nitrogens with zero attached hydrogens (tertiary/aromatic N) is 2. The van der Waals surface area contributed by atoms with Crippen LogP contribution in [0.5, 0.6) is 0 Å². The highest BCUT2D eigenvalue weighted by Crippen LogP contribution is 2.39. The van der Waals surface area contributed by atoms with Crippen LogP contribution >= 0.6 is 0 Å². The van der Waals surface area contributed by atoms with Gasteiger partial charge in [-0.1, -0.05) is 6.42 Å². The fourth-order valence-corrected chi connectivity index (χ4v) is 3.03. The maximum absolute atomic E-state index is 5.59. The van der Waals surface area contributed by atoms with Crippen molar-refractivity contribution < 1.29 is 0 Å². The zero-order valence-corrected chi connectivity index (χ0v) is 8.89. The number of nitrogens with two attached hydrogens (primary N) is 1. The topological polar surface area (TPSA) is 42.1 Å². The number of aromatic nitrogens is 1. The number of fused-ring (bicyclic) bond motifs is 1. The minimum absolute atomic E-state index is 0.609. The van der Waals surface area contributed by atoms with E-state index < -0.39 is 0 Å². The fraction of sp³-hybridized carbons (Fsp3) is 0.583. The van der Waals surface area contributed by atoms with Gasteiger partial charge < -0.3 is 10.6 Å². The number of hydrogen-bond donors (Lipinski definition) is 1. The smallest absolute Gasteiger partial charge is 0.123 e. The summed E-state index contributed by atoms with van der Waals surface area (Å²) in [6.45, 7) is 2.44. The lowest BCUT2D eigenvalue weighted by atomic mass is 10.0. The summed E-state index contributed by atoms with van der Waals surface area (Å²) in [6, 6.07) is 3.98. The molecule has 0 amide bonds.